The highest BCUT2D eigenvalue weighted by molar-refractivity contribution is 6.10. The van der Waals surface area contributed by atoms with Crippen molar-refractivity contribution in [3.63, 3.8) is 0 Å². The van der Waals surface area contributed by atoms with E-state index in [1.807, 2.05) is 30.3 Å². The van der Waals surface area contributed by atoms with Gasteiger partial charge in [0.25, 0.3) is 5.91 Å². The number of pyridine rings is 1. The maximum atomic E-state index is 11.8. The van der Waals surface area contributed by atoms with Gasteiger partial charge < -0.3 is 11.1 Å². The number of nitrogens with one attached hydrogen (secondary N) is 1. The summed E-state index contributed by atoms with van der Waals surface area (Å²) in [6, 6.07) is 16.1. The summed E-state index contributed by atoms with van der Waals surface area (Å²) >= 11 is 0. The van der Waals surface area contributed by atoms with E-state index in [9.17, 15) is 14.9 Å². The van der Waals surface area contributed by atoms with Gasteiger partial charge in [-0.2, -0.15) is 0 Å². The maximum Gasteiger partial charge on any atom is 0.324 e. The predicted octanol–water partition coefficient (Wildman–Crippen LogP) is 2.85. The zero-order valence-corrected chi connectivity index (χ0v) is 12.6. The van der Waals surface area contributed by atoms with Gasteiger partial charge in [-0.15, -0.1) is 0 Å². The van der Waals surface area contributed by atoms with Crippen LogP contribution in [0.1, 0.15) is 15.9 Å². The Morgan fingerprint density at radius 2 is 1.79 bits per heavy atom. The van der Waals surface area contributed by atoms with Crippen LogP contribution >= 0.6 is 0 Å². The summed E-state index contributed by atoms with van der Waals surface area (Å²) < 4.78 is 0. The highest BCUT2D eigenvalue weighted by atomic mass is 16.6. The average Bonchev–Trinajstić information content (AvgIpc) is 2.59. The molecular formula is C17H14N4O3. The second kappa shape index (κ2) is 6.33. The number of primary amides is 1. The molecule has 7 nitrogen and oxygen atoms in total. The maximum absolute atomic E-state index is 11.8. The Balaban J connectivity index is 2.13. The number of carbonyl (C=O) groups excluding carboxylic acids is 1. The Labute approximate surface area is 137 Å². The van der Waals surface area contributed by atoms with Crippen LogP contribution in [0.25, 0.3) is 10.9 Å². The molecule has 0 atom stereocenters. The van der Waals surface area contributed by atoms with Crippen molar-refractivity contribution in [1.82, 2.24) is 4.98 Å². The fourth-order valence-corrected chi connectivity index (χ4v) is 2.53. The third-order valence-electron chi connectivity index (χ3n) is 3.60. The summed E-state index contributed by atoms with van der Waals surface area (Å²) in [4.78, 5) is 27.0. The summed E-state index contributed by atoms with van der Waals surface area (Å²) in [5, 5.41) is 14.8. The number of aromatic nitrogens is 1. The van der Waals surface area contributed by atoms with E-state index in [0.29, 0.717) is 17.4 Å². The van der Waals surface area contributed by atoms with Crippen LogP contribution in [0.3, 0.4) is 0 Å². The molecular weight excluding hydrogens is 308 g/mol. The van der Waals surface area contributed by atoms with Gasteiger partial charge in [0, 0.05) is 11.9 Å². The molecule has 120 valence electrons. The monoisotopic (exact) mass is 322 g/mol. The summed E-state index contributed by atoms with van der Waals surface area (Å²) in [6.07, 6.45) is 0. The molecule has 3 N–H and O–H groups in total. The lowest BCUT2D eigenvalue weighted by atomic mass is 10.1. The molecule has 7 heteroatoms. The SMILES string of the molecule is NC(=O)c1c([N+](=O)[O-])c(NCc2ccccc2)nc2ccccc12. The highest BCUT2D eigenvalue weighted by Gasteiger charge is 2.27. The van der Waals surface area contributed by atoms with Crippen molar-refractivity contribution in [3.8, 4) is 0 Å². The normalized spacial score (nSPS) is 10.5. The second-order valence-corrected chi connectivity index (χ2v) is 5.16. The molecule has 2 aromatic carbocycles. The molecule has 0 aliphatic rings. The van der Waals surface area contributed by atoms with Gasteiger partial charge in [0.2, 0.25) is 5.82 Å². The Hall–Kier alpha value is -3.48. The Bertz CT molecular complexity index is 926. The first-order valence-electron chi connectivity index (χ1n) is 7.22. The van der Waals surface area contributed by atoms with Crippen LogP contribution in [-0.4, -0.2) is 15.8 Å². The van der Waals surface area contributed by atoms with E-state index in [1.54, 1.807) is 24.3 Å². The fraction of sp³-hybridized carbons (Fsp3) is 0.0588. The van der Waals surface area contributed by atoms with Crippen molar-refractivity contribution in [2.75, 3.05) is 5.32 Å². The van der Waals surface area contributed by atoms with Crippen molar-refractivity contribution < 1.29 is 9.72 Å². The van der Waals surface area contributed by atoms with Crippen LogP contribution < -0.4 is 11.1 Å². The lowest BCUT2D eigenvalue weighted by Crippen LogP contribution is -2.16. The third kappa shape index (κ3) is 2.87. The van der Waals surface area contributed by atoms with E-state index >= 15 is 0 Å². The van der Waals surface area contributed by atoms with Gasteiger partial charge in [0.15, 0.2) is 0 Å². The summed E-state index contributed by atoms with van der Waals surface area (Å²) in [5.41, 5.74) is 6.25. The van der Waals surface area contributed by atoms with E-state index < -0.39 is 16.5 Å². The number of para-hydroxylation sites is 1. The lowest BCUT2D eigenvalue weighted by Gasteiger charge is -2.11. The third-order valence-corrected chi connectivity index (χ3v) is 3.60. The molecule has 0 radical (unpaired) electrons. The van der Waals surface area contributed by atoms with Gasteiger partial charge in [-0.3, -0.25) is 14.9 Å². The van der Waals surface area contributed by atoms with Crippen LogP contribution in [0.5, 0.6) is 0 Å². The summed E-state index contributed by atoms with van der Waals surface area (Å²) in [5.74, 6) is -0.834. The molecule has 3 rings (SSSR count). The Kier molecular flexibility index (Phi) is 4.07. The van der Waals surface area contributed by atoms with E-state index in [2.05, 4.69) is 10.3 Å². The number of anilines is 1. The minimum absolute atomic E-state index is 0.0244. The molecule has 0 aliphatic heterocycles. The second-order valence-electron chi connectivity index (χ2n) is 5.16. The standard InChI is InChI=1S/C17H14N4O3/c18-16(22)14-12-8-4-5-9-13(12)20-17(15(14)21(23)24)19-10-11-6-2-1-3-7-11/h1-9H,10H2,(H2,18,22)(H,19,20). The first kappa shape index (κ1) is 15.4. The van der Waals surface area contributed by atoms with E-state index in [1.165, 1.54) is 0 Å². The molecule has 0 bridgehead atoms. The van der Waals surface area contributed by atoms with Gasteiger partial charge >= 0.3 is 5.69 Å². The topological polar surface area (TPSA) is 111 Å². The number of carbonyl (C=O) groups is 1. The van der Waals surface area contributed by atoms with Gasteiger partial charge in [-0.1, -0.05) is 48.5 Å². The Morgan fingerprint density at radius 1 is 1.12 bits per heavy atom. The molecule has 1 heterocycles. The predicted molar refractivity (Wildman–Crippen MR) is 90.7 cm³/mol. The number of amides is 1. The summed E-state index contributed by atoms with van der Waals surface area (Å²) in [6.45, 7) is 0.339. The molecule has 0 saturated heterocycles. The number of rotatable bonds is 5. The smallest absolute Gasteiger partial charge is 0.324 e. The zero-order valence-electron chi connectivity index (χ0n) is 12.6. The largest absolute Gasteiger partial charge is 0.365 e. The molecule has 0 saturated carbocycles. The quantitative estimate of drug-likeness (QED) is 0.554. The van der Waals surface area contributed by atoms with E-state index in [4.69, 9.17) is 5.73 Å². The first-order chi connectivity index (χ1) is 11.6. The zero-order chi connectivity index (χ0) is 17.1. The van der Waals surface area contributed by atoms with Crippen molar-refractivity contribution in [2.45, 2.75) is 6.54 Å². The van der Waals surface area contributed by atoms with E-state index in [-0.39, 0.29) is 11.4 Å². The van der Waals surface area contributed by atoms with Gasteiger partial charge in [0.05, 0.1) is 10.4 Å². The number of hydrogen-bond acceptors (Lipinski definition) is 5. The highest BCUT2D eigenvalue weighted by Crippen LogP contribution is 2.33. The number of fused-ring (bicyclic) bond motifs is 1. The van der Waals surface area contributed by atoms with Gasteiger partial charge in [-0.25, -0.2) is 4.98 Å². The molecule has 1 amide bonds. The summed E-state index contributed by atoms with van der Waals surface area (Å²) in [7, 11) is 0. The average molecular weight is 322 g/mol. The Morgan fingerprint density at radius 3 is 2.46 bits per heavy atom. The van der Waals surface area contributed by atoms with Crippen molar-refractivity contribution in [3.05, 3.63) is 75.8 Å². The number of nitrogens with two attached hydrogens (primary N) is 1. The number of nitro groups is 1. The molecule has 3 aromatic rings. The minimum Gasteiger partial charge on any atom is -0.365 e. The molecule has 0 fully saturated rings. The van der Waals surface area contributed by atoms with Crippen LogP contribution in [0.4, 0.5) is 11.5 Å². The number of benzene rings is 2. The molecule has 0 unspecified atom stereocenters. The van der Waals surface area contributed by atoms with Gasteiger partial charge in [0.1, 0.15) is 5.56 Å². The van der Waals surface area contributed by atoms with Crippen LogP contribution in [0, 0.1) is 10.1 Å². The number of hydrogen-bond donors (Lipinski definition) is 2. The molecule has 24 heavy (non-hydrogen) atoms. The van der Waals surface area contributed by atoms with Crippen LogP contribution in [0.2, 0.25) is 0 Å². The van der Waals surface area contributed by atoms with Crippen molar-refractivity contribution >= 4 is 28.3 Å². The number of nitrogens with zero attached hydrogens (tertiary/aromatic N) is 2. The lowest BCUT2D eigenvalue weighted by molar-refractivity contribution is -0.384. The fourth-order valence-electron chi connectivity index (χ4n) is 2.53. The van der Waals surface area contributed by atoms with E-state index in [0.717, 1.165) is 5.56 Å². The van der Waals surface area contributed by atoms with Crippen LogP contribution in [0.15, 0.2) is 54.6 Å². The molecule has 0 aliphatic carbocycles. The molecule has 0 spiro atoms. The van der Waals surface area contributed by atoms with Crippen LogP contribution in [-0.2, 0) is 6.54 Å². The minimum atomic E-state index is -0.858. The first-order valence-corrected chi connectivity index (χ1v) is 7.22. The van der Waals surface area contributed by atoms with Gasteiger partial charge in [-0.05, 0) is 11.6 Å². The molecule has 1 aromatic heterocycles. The van der Waals surface area contributed by atoms with Crippen molar-refractivity contribution in [1.29, 1.82) is 0 Å². The van der Waals surface area contributed by atoms with Crippen molar-refractivity contribution in [2.24, 2.45) is 5.73 Å².